The first-order valence-corrected chi connectivity index (χ1v) is 8.26. The van der Waals surface area contributed by atoms with Crippen LogP contribution in [-0.2, 0) is 0 Å². The summed E-state index contributed by atoms with van der Waals surface area (Å²) in [5.74, 6) is -0.315. The first kappa shape index (κ1) is 16.4. The Balaban J connectivity index is 1.72. The second-order valence-electron chi connectivity index (χ2n) is 5.97. The molecule has 0 fully saturated rings. The van der Waals surface area contributed by atoms with Crippen molar-refractivity contribution in [1.29, 1.82) is 0 Å². The normalized spacial score (nSPS) is 11.2. The molecular formula is C20H13ClO5. The molecule has 0 atom stereocenters. The zero-order valence-electron chi connectivity index (χ0n) is 14.0. The van der Waals surface area contributed by atoms with Crippen LogP contribution in [0.4, 0.5) is 0 Å². The van der Waals surface area contributed by atoms with Gasteiger partial charge in [0.15, 0.2) is 5.58 Å². The molecule has 5 nitrogen and oxygen atoms in total. The molecule has 2 aromatic carbocycles. The highest BCUT2D eigenvalue weighted by Gasteiger charge is 2.21. The molecule has 130 valence electrons. The zero-order valence-corrected chi connectivity index (χ0v) is 14.7. The molecule has 0 spiro atoms. The third-order valence-electron chi connectivity index (χ3n) is 4.23. The zero-order chi connectivity index (χ0) is 18.4. The lowest BCUT2D eigenvalue weighted by Crippen LogP contribution is -2.08. The van der Waals surface area contributed by atoms with Gasteiger partial charge in [-0.05, 0) is 37.6 Å². The van der Waals surface area contributed by atoms with Crippen LogP contribution in [0.2, 0.25) is 5.02 Å². The molecule has 2 aromatic heterocycles. The maximum atomic E-state index is 12.5. The van der Waals surface area contributed by atoms with E-state index in [0.717, 1.165) is 16.3 Å². The van der Waals surface area contributed by atoms with Crippen LogP contribution in [0.5, 0.6) is 5.75 Å². The fourth-order valence-electron chi connectivity index (χ4n) is 2.93. The van der Waals surface area contributed by atoms with Gasteiger partial charge >= 0.3 is 11.6 Å². The van der Waals surface area contributed by atoms with E-state index in [2.05, 4.69) is 0 Å². The number of carbonyl (C=O) groups is 1. The van der Waals surface area contributed by atoms with Gasteiger partial charge in [-0.3, -0.25) is 0 Å². The van der Waals surface area contributed by atoms with Crippen LogP contribution >= 0.6 is 11.6 Å². The molecule has 26 heavy (non-hydrogen) atoms. The quantitative estimate of drug-likeness (QED) is 0.282. The average Bonchev–Trinajstić information content (AvgIpc) is 2.93. The lowest BCUT2D eigenvalue weighted by molar-refractivity contribution is 0.0703. The van der Waals surface area contributed by atoms with Crippen LogP contribution in [0, 0.1) is 13.8 Å². The van der Waals surface area contributed by atoms with E-state index in [1.54, 1.807) is 31.2 Å². The Morgan fingerprint density at radius 2 is 1.85 bits per heavy atom. The molecule has 0 radical (unpaired) electrons. The summed E-state index contributed by atoms with van der Waals surface area (Å²) in [7, 11) is 0. The molecule has 0 N–H and O–H groups in total. The minimum Gasteiger partial charge on any atom is -0.447 e. The molecule has 0 saturated carbocycles. The second-order valence-corrected chi connectivity index (χ2v) is 6.38. The van der Waals surface area contributed by atoms with Crippen LogP contribution < -0.4 is 10.4 Å². The van der Waals surface area contributed by atoms with Crippen LogP contribution in [0.15, 0.2) is 56.1 Å². The Bertz CT molecular complexity index is 1230. The van der Waals surface area contributed by atoms with Crippen molar-refractivity contribution in [3.8, 4) is 5.75 Å². The van der Waals surface area contributed by atoms with Crippen molar-refractivity contribution in [3.05, 3.63) is 74.8 Å². The van der Waals surface area contributed by atoms with Crippen molar-refractivity contribution in [2.75, 3.05) is 0 Å². The molecule has 2 heterocycles. The fourth-order valence-corrected chi connectivity index (χ4v) is 3.14. The number of furan rings is 1. The highest BCUT2D eigenvalue weighted by molar-refractivity contribution is 6.35. The van der Waals surface area contributed by atoms with Gasteiger partial charge in [-0.25, -0.2) is 9.59 Å². The lowest BCUT2D eigenvalue weighted by Gasteiger charge is -2.05. The third kappa shape index (κ3) is 2.66. The summed E-state index contributed by atoms with van der Waals surface area (Å²) in [4.78, 5) is 24.1. The highest BCUT2D eigenvalue weighted by atomic mass is 35.5. The lowest BCUT2D eigenvalue weighted by atomic mass is 10.1. The maximum absolute atomic E-state index is 12.5. The van der Waals surface area contributed by atoms with E-state index in [1.807, 2.05) is 13.0 Å². The standard InChI is InChI=1S/C20H13ClO5/c1-10-8-17(22)25-16-9-12(6-7-13(10)16)24-20(23)18-11(2)14-4-3-5-15(21)19(14)26-18/h3-9H,1-2H3. The molecule has 0 amide bonds. The van der Waals surface area contributed by atoms with Crippen molar-refractivity contribution >= 4 is 39.5 Å². The molecule has 0 aliphatic rings. The number of hydrogen-bond acceptors (Lipinski definition) is 5. The van der Waals surface area contributed by atoms with Crippen molar-refractivity contribution in [3.63, 3.8) is 0 Å². The molecule has 0 unspecified atom stereocenters. The highest BCUT2D eigenvalue weighted by Crippen LogP contribution is 2.31. The Hall–Kier alpha value is -3.05. The van der Waals surface area contributed by atoms with E-state index in [9.17, 15) is 9.59 Å². The van der Waals surface area contributed by atoms with Gasteiger partial charge < -0.3 is 13.6 Å². The third-order valence-corrected chi connectivity index (χ3v) is 4.53. The first-order chi connectivity index (χ1) is 12.4. The smallest absolute Gasteiger partial charge is 0.379 e. The van der Waals surface area contributed by atoms with Gasteiger partial charge in [-0.1, -0.05) is 23.7 Å². The van der Waals surface area contributed by atoms with E-state index in [0.29, 0.717) is 21.8 Å². The van der Waals surface area contributed by atoms with E-state index >= 15 is 0 Å². The summed E-state index contributed by atoms with van der Waals surface area (Å²) in [5, 5.41) is 1.95. The number of benzene rings is 2. The van der Waals surface area contributed by atoms with E-state index in [-0.39, 0.29) is 11.5 Å². The van der Waals surface area contributed by atoms with E-state index < -0.39 is 11.6 Å². The van der Waals surface area contributed by atoms with Gasteiger partial charge in [0.25, 0.3) is 0 Å². The summed E-state index contributed by atoms with van der Waals surface area (Å²) in [5.41, 5.74) is 1.78. The fraction of sp³-hybridized carbons (Fsp3) is 0.100. The average molecular weight is 369 g/mol. The SMILES string of the molecule is Cc1cc(=O)oc2cc(OC(=O)c3oc4c(Cl)cccc4c3C)ccc12. The largest absolute Gasteiger partial charge is 0.447 e. The molecule has 4 aromatic rings. The predicted molar refractivity (Wildman–Crippen MR) is 98.1 cm³/mol. The summed E-state index contributed by atoms with van der Waals surface area (Å²) in [6.07, 6.45) is 0. The number of aryl methyl sites for hydroxylation is 2. The van der Waals surface area contributed by atoms with Gasteiger partial charge in [-0.2, -0.15) is 0 Å². The summed E-state index contributed by atoms with van der Waals surface area (Å²) in [6.45, 7) is 3.58. The number of fused-ring (bicyclic) bond motifs is 2. The van der Waals surface area contributed by atoms with Gasteiger partial charge in [0.1, 0.15) is 11.3 Å². The Morgan fingerprint density at radius 3 is 2.62 bits per heavy atom. The van der Waals surface area contributed by atoms with Crippen LogP contribution in [0.25, 0.3) is 21.9 Å². The maximum Gasteiger partial charge on any atom is 0.379 e. The van der Waals surface area contributed by atoms with Gasteiger partial charge in [0.05, 0.1) is 5.02 Å². The number of carbonyl (C=O) groups excluding carboxylic acids is 1. The minimum atomic E-state index is -0.649. The molecule has 6 heteroatoms. The predicted octanol–water partition coefficient (Wildman–Crippen LogP) is 5.03. The van der Waals surface area contributed by atoms with E-state index in [1.165, 1.54) is 12.1 Å². The van der Waals surface area contributed by atoms with Gasteiger partial charge in [-0.15, -0.1) is 0 Å². The van der Waals surface area contributed by atoms with E-state index in [4.69, 9.17) is 25.2 Å². The Labute approximate surface area is 152 Å². The molecule has 0 saturated heterocycles. The monoisotopic (exact) mass is 368 g/mol. The van der Waals surface area contributed by atoms with Crippen LogP contribution in [0.3, 0.4) is 0 Å². The van der Waals surface area contributed by atoms with Crippen molar-refractivity contribution in [2.24, 2.45) is 0 Å². The summed E-state index contributed by atoms with van der Waals surface area (Å²) < 4.78 is 16.2. The number of hydrogen-bond donors (Lipinski definition) is 0. The molecular weight excluding hydrogens is 356 g/mol. The first-order valence-electron chi connectivity index (χ1n) is 7.88. The molecule has 0 bridgehead atoms. The Kier molecular flexibility index (Phi) is 3.81. The number of rotatable bonds is 2. The van der Waals surface area contributed by atoms with Gasteiger partial charge in [0, 0.05) is 28.5 Å². The van der Waals surface area contributed by atoms with Gasteiger partial charge in [0.2, 0.25) is 5.76 Å². The number of para-hydroxylation sites is 1. The van der Waals surface area contributed by atoms with Crippen molar-refractivity contribution < 1.29 is 18.4 Å². The molecule has 4 rings (SSSR count). The minimum absolute atomic E-state index is 0.0823. The van der Waals surface area contributed by atoms with Crippen LogP contribution in [0.1, 0.15) is 21.7 Å². The van der Waals surface area contributed by atoms with Crippen molar-refractivity contribution in [2.45, 2.75) is 13.8 Å². The second kappa shape index (κ2) is 6.04. The number of esters is 1. The topological polar surface area (TPSA) is 69.7 Å². The summed E-state index contributed by atoms with van der Waals surface area (Å²) in [6, 6.07) is 11.6. The van der Waals surface area contributed by atoms with Crippen LogP contribution in [-0.4, -0.2) is 5.97 Å². The molecule has 0 aliphatic heterocycles. The van der Waals surface area contributed by atoms with Crippen molar-refractivity contribution in [1.82, 2.24) is 0 Å². The summed E-state index contributed by atoms with van der Waals surface area (Å²) >= 11 is 6.11. The number of ether oxygens (including phenoxy) is 1. The Morgan fingerprint density at radius 1 is 1.04 bits per heavy atom. The molecule has 0 aliphatic carbocycles. The number of halogens is 1.